The zero-order valence-corrected chi connectivity index (χ0v) is 10.5. The van der Waals surface area contributed by atoms with Crippen LogP contribution in [0.15, 0.2) is 0 Å². The summed E-state index contributed by atoms with van der Waals surface area (Å²) in [6, 6.07) is 0. The summed E-state index contributed by atoms with van der Waals surface area (Å²) in [6.45, 7) is 10.8. The smallest absolute Gasteiger partial charge is 0.302 e. The summed E-state index contributed by atoms with van der Waals surface area (Å²) in [5, 5.41) is 0. The molecule has 0 heterocycles. The molecule has 2 bridgehead atoms. The molecule has 2 heteroatoms. The maximum atomic E-state index is 11.1. The summed E-state index contributed by atoms with van der Waals surface area (Å²) in [6.07, 6.45) is 3.63. The number of rotatable bonds is 1. The minimum Gasteiger partial charge on any atom is -0.462 e. The van der Waals surface area contributed by atoms with E-state index in [1.54, 1.807) is 0 Å². The Labute approximate surface area is 92.4 Å². The molecular formula is C13H22O2. The second kappa shape index (κ2) is 2.78. The van der Waals surface area contributed by atoms with Crippen LogP contribution in [0.25, 0.3) is 0 Å². The molecule has 2 nitrogen and oxygen atoms in total. The Hall–Kier alpha value is -0.530. The summed E-state index contributed by atoms with van der Waals surface area (Å²) in [5.74, 6) is -0.131. The lowest BCUT2D eigenvalue weighted by Gasteiger charge is -2.39. The Morgan fingerprint density at radius 1 is 1.20 bits per heavy atom. The van der Waals surface area contributed by atoms with Crippen LogP contribution in [0.5, 0.6) is 0 Å². The first-order valence-corrected chi connectivity index (χ1v) is 5.90. The molecule has 0 N–H and O–H groups in total. The Kier molecular flexibility index (Phi) is 2.03. The van der Waals surface area contributed by atoms with E-state index < -0.39 is 0 Å². The average Bonchev–Trinajstić information content (AvgIpc) is 2.33. The molecule has 2 rings (SSSR count). The van der Waals surface area contributed by atoms with Gasteiger partial charge in [0.05, 0.1) is 0 Å². The van der Waals surface area contributed by atoms with E-state index in [1.807, 2.05) is 0 Å². The Bertz CT molecular complexity index is 308. The highest BCUT2D eigenvalue weighted by atomic mass is 16.5. The molecule has 0 saturated heterocycles. The average molecular weight is 210 g/mol. The Morgan fingerprint density at radius 3 is 2.13 bits per heavy atom. The lowest BCUT2D eigenvalue weighted by Crippen LogP contribution is -2.38. The highest BCUT2D eigenvalue weighted by Gasteiger charge is 2.68. The van der Waals surface area contributed by atoms with Crippen molar-refractivity contribution in [2.75, 3.05) is 0 Å². The van der Waals surface area contributed by atoms with Crippen molar-refractivity contribution in [2.24, 2.45) is 16.2 Å². The van der Waals surface area contributed by atoms with Crippen LogP contribution < -0.4 is 0 Å². The summed E-state index contributed by atoms with van der Waals surface area (Å²) in [7, 11) is 0. The van der Waals surface area contributed by atoms with Crippen LogP contribution in [0.4, 0.5) is 0 Å². The molecule has 0 unspecified atom stereocenters. The molecule has 0 aromatic carbocycles. The fourth-order valence-corrected chi connectivity index (χ4v) is 3.78. The van der Waals surface area contributed by atoms with E-state index in [0.717, 1.165) is 6.42 Å². The van der Waals surface area contributed by atoms with Gasteiger partial charge in [-0.1, -0.05) is 27.7 Å². The Morgan fingerprint density at radius 2 is 1.80 bits per heavy atom. The molecule has 0 aliphatic heterocycles. The van der Waals surface area contributed by atoms with Crippen LogP contribution >= 0.6 is 0 Å². The van der Waals surface area contributed by atoms with Gasteiger partial charge in [0.2, 0.25) is 0 Å². The maximum Gasteiger partial charge on any atom is 0.302 e. The molecule has 2 aliphatic carbocycles. The molecule has 0 aromatic heterocycles. The number of ether oxygens (including phenoxy) is 1. The normalized spacial score (nSPS) is 46.9. The summed E-state index contributed by atoms with van der Waals surface area (Å²) in [4.78, 5) is 11.1. The topological polar surface area (TPSA) is 26.3 Å². The van der Waals surface area contributed by atoms with Crippen molar-refractivity contribution in [3.05, 3.63) is 0 Å². The Balaban J connectivity index is 2.32. The van der Waals surface area contributed by atoms with Gasteiger partial charge in [-0.2, -0.15) is 0 Å². The van der Waals surface area contributed by atoms with E-state index in [9.17, 15) is 4.79 Å². The van der Waals surface area contributed by atoms with Gasteiger partial charge in [0.1, 0.15) is 6.10 Å². The lowest BCUT2D eigenvalue weighted by molar-refractivity contribution is -0.154. The van der Waals surface area contributed by atoms with Crippen LogP contribution in [0.3, 0.4) is 0 Å². The SMILES string of the molecule is CC(=O)O[C@H]1C[C@]2(C)CC[C@@]1(C)C2(C)C. The molecule has 0 spiro atoms. The first-order chi connectivity index (χ1) is 6.73. The van der Waals surface area contributed by atoms with E-state index in [-0.39, 0.29) is 22.9 Å². The van der Waals surface area contributed by atoms with Crippen molar-refractivity contribution < 1.29 is 9.53 Å². The fraction of sp³-hybridized carbons (Fsp3) is 0.923. The minimum absolute atomic E-state index is 0.128. The third-order valence-corrected chi connectivity index (χ3v) is 5.79. The monoisotopic (exact) mass is 210 g/mol. The van der Waals surface area contributed by atoms with Crippen molar-refractivity contribution in [3.8, 4) is 0 Å². The quantitative estimate of drug-likeness (QED) is 0.621. The number of hydrogen-bond donors (Lipinski definition) is 0. The van der Waals surface area contributed by atoms with Gasteiger partial charge in [-0.15, -0.1) is 0 Å². The zero-order chi connectivity index (χ0) is 11.5. The van der Waals surface area contributed by atoms with Gasteiger partial charge in [0.15, 0.2) is 0 Å². The highest BCUT2D eigenvalue weighted by Crippen LogP contribution is 2.72. The number of carbonyl (C=O) groups excluding carboxylic acids is 1. The van der Waals surface area contributed by atoms with E-state index in [4.69, 9.17) is 4.74 Å². The van der Waals surface area contributed by atoms with Gasteiger partial charge < -0.3 is 4.74 Å². The van der Waals surface area contributed by atoms with Crippen LogP contribution in [0.2, 0.25) is 0 Å². The zero-order valence-electron chi connectivity index (χ0n) is 10.5. The number of hydrogen-bond acceptors (Lipinski definition) is 2. The van der Waals surface area contributed by atoms with Gasteiger partial charge in [0, 0.05) is 12.3 Å². The molecule has 2 aliphatic rings. The van der Waals surface area contributed by atoms with Crippen molar-refractivity contribution in [3.63, 3.8) is 0 Å². The first kappa shape index (κ1) is 11.0. The third kappa shape index (κ3) is 1.14. The summed E-state index contributed by atoms with van der Waals surface area (Å²) in [5.41, 5.74) is 0.801. The maximum absolute atomic E-state index is 11.1. The number of esters is 1. The lowest BCUT2D eigenvalue weighted by atomic mass is 9.66. The molecule has 2 saturated carbocycles. The molecule has 0 radical (unpaired) electrons. The van der Waals surface area contributed by atoms with Gasteiger partial charge in [0.25, 0.3) is 0 Å². The van der Waals surface area contributed by atoms with Gasteiger partial charge in [-0.25, -0.2) is 0 Å². The van der Waals surface area contributed by atoms with Crippen LogP contribution in [0, 0.1) is 16.2 Å². The second-order valence-corrected chi connectivity index (χ2v) is 6.41. The molecule has 15 heavy (non-hydrogen) atoms. The second-order valence-electron chi connectivity index (χ2n) is 6.41. The van der Waals surface area contributed by atoms with Crippen molar-refractivity contribution in [1.82, 2.24) is 0 Å². The minimum atomic E-state index is -0.131. The fourth-order valence-electron chi connectivity index (χ4n) is 3.78. The molecule has 0 amide bonds. The van der Waals surface area contributed by atoms with E-state index in [1.165, 1.54) is 19.8 Å². The first-order valence-electron chi connectivity index (χ1n) is 5.90. The van der Waals surface area contributed by atoms with Gasteiger partial charge in [-0.05, 0) is 30.1 Å². The standard InChI is InChI=1S/C13H22O2/c1-9(14)15-10-8-12(4)6-7-13(10,5)11(12,2)3/h10H,6-8H2,1-5H3/t10-,12-,13+/m0/s1. The van der Waals surface area contributed by atoms with Crippen LogP contribution in [-0.4, -0.2) is 12.1 Å². The van der Waals surface area contributed by atoms with Crippen LogP contribution in [-0.2, 0) is 9.53 Å². The van der Waals surface area contributed by atoms with Crippen molar-refractivity contribution >= 4 is 5.97 Å². The summed E-state index contributed by atoms with van der Waals surface area (Å²) >= 11 is 0. The van der Waals surface area contributed by atoms with Gasteiger partial charge >= 0.3 is 5.97 Å². The van der Waals surface area contributed by atoms with Crippen LogP contribution in [0.1, 0.15) is 53.9 Å². The largest absolute Gasteiger partial charge is 0.462 e. The molecule has 86 valence electrons. The number of fused-ring (bicyclic) bond motifs is 2. The van der Waals surface area contributed by atoms with E-state index in [0.29, 0.717) is 5.41 Å². The molecular weight excluding hydrogens is 188 g/mol. The highest BCUT2D eigenvalue weighted by molar-refractivity contribution is 5.66. The van der Waals surface area contributed by atoms with Gasteiger partial charge in [-0.3, -0.25) is 4.79 Å². The molecule has 3 atom stereocenters. The third-order valence-electron chi connectivity index (χ3n) is 5.79. The van der Waals surface area contributed by atoms with E-state index >= 15 is 0 Å². The summed E-state index contributed by atoms with van der Waals surface area (Å²) < 4.78 is 5.51. The molecule has 0 aromatic rings. The van der Waals surface area contributed by atoms with E-state index in [2.05, 4.69) is 27.7 Å². The number of carbonyl (C=O) groups is 1. The van der Waals surface area contributed by atoms with Crippen molar-refractivity contribution in [1.29, 1.82) is 0 Å². The molecule has 2 fully saturated rings. The van der Waals surface area contributed by atoms with Crippen molar-refractivity contribution in [2.45, 2.75) is 60.0 Å². The predicted molar refractivity (Wildman–Crippen MR) is 59.4 cm³/mol. The predicted octanol–water partition coefficient (Wildman–Crippen LogP) is 3.15.